The number of carbonyl (C=O) groups excluding carboxylic acids is 1. The van der Waals surface area contributed by atoms with Crippen molar-refractivity contribution >= 4 is 5.78 Å². The summed E-state index contributed by atoms with van der Waals surface area (Å²) in [6.07, 6.45) is 15.8. The van der Waals surface area contributed by atoms with Crippen molar-refractivity contribution in [1.29, 1.82) is 0 Å². The molecule has 0 aromatic carbocycles. The summed E-state index contributed by atoms with van der Waals surface area (Å²) >= 11 is 0. The van der Waals surface area contributed by atoms with Crippen LogP contribution in [-0.2, 0) is 4.79 Å². The Morgan fingerprint density at radius 2 is 1.63 bits per heavy atom. The number of hydrogen-bond acceptors (Lipinski definition) is 1. The fourth-order valence-corrected chi connectivity index (χ4v) is 9.71. The summed E-state index contributed by atoms with van der Waals surface area (Å²) in [7, 11) is 0. The molecule has 1 heteroatoms. The Bertz CT molecular complexity index is 622. The van der Waals surface area contributed by atoms with Gasteiger partial charge in [0, 0.05) is 12.8 Å². The maximum Gasteiger partial charge on any atom is 0.133 e. The van der Waals surface area contributed by atoms with Crippen molar-refractivity contribution in [2.75, 3.05) is 0 Å². The molecule has 0 bridgehead atoms. The van der Waals surface area contributed by atoms with Crippen LogP contribution in [0.15, 0.2) is 0 Å². The topological polar surface area (TPSA) is 17.1 Å². The van der Waals surface area contributed by atoms with E-state index in [2.05, 4.69) is 41.5 Å². The van der Waals surface area contributed by atoms with Crippen LogP contribution in [-0.4, -0.2) is 5.78 Å². The van der Waals surface area contributed by atoms with E-state index in [9.17, 15) is 4.79 Å². The van der Waals surface area contributed by atoms with Gasteiger partial charge in [-0.25, -0.2) is 0 Å². The summed E-state index contributed by atoms with van der Waals surface area (Å²) < 4.78 is 0. The van der Waals surface area contributed by atoms with Gasteiger partial charge < -0.3 is 0 Å². The second kappa shape index (κ2) is 8.55. The number of Topliss-reactive ketones (excluding diaryl/α,β-unsaturated/α-hetero) is 1. The van der Waals surface area contributed by atoms with Crippen molar-refractivity contribution in [2.45, 2.75) is 119 Å². The minimum absolute atomic E-state index is 0.466. The molecule has 4 aliphatic rings. The molecule has 4 saturated carbocycles. The summed E-state index contributed by atoms with van der Waals surface area (Å²) in [5.41, 5.74) is 1.06. The largest absolute Gasteiger partial charge is 0.300 e. The lowest BCUT2D eigenvalue weighted by atomic mass is 9.44. The Hall–Kier alpha value is -0.330. The van der Waals surface area contributed by atoms with Gasteiger partial charge in [0.15, 0.2) is 0 Å². The molecule has 4 rings (SSSR count). The lowest BCUT2D eigenvalue weighted by Gasteiger charge is -2.60. The van der Waals surface area contributed by atoms with Crippen LogP contribution in [0.25, 0.3) is 0 Å². The Balaban J connectivity index is 1.45. The lowest BCUT2D eigenvalue weighted by molar-refractivity contribution is -0.140. The zero-order valence-corrected chi connectivity index (χ0v) is 21.0. The highest BCUT2D eigenvalue weighted by molar-refractivity contribution is 5.79. The summed E-state index contributed by atoms with van der Waals surface area (Å²) in [4.78, 5) is 12.1. The van der Waals surface area contributed by atoms with E-state index in [1.165, 1.54) is 64.2 Å². The third kappa shape index (κ3) is 3.73. The molecule has 0 amide bonds. The fraction of sp³-hybridized carbons (Fsp3) is 0.966. The van der Waals surface area contributed by atoms with Gasteiger partial charge in [-0.15, -0.1) is 0 Å². The van der Waals surface area contributed by atoms with Crippen LogP contribution in [0.2, 0.25) is 0 Å². The van der Waals surface area contributed by atoms with Crippen molar-refractivity contribution in [2.24, 2.45) is 58.2 Å². The molecule has 0 N–H and O–H groups in total. The first kappa shape index (κ1) is 22.8. The molecule has 1 nitrogen and oxygen atoms in total. The predicted octanol–water partition coefficient (Wildman–Crippen LogP) is 8.31. The van der Waals surface area contributed by atoms with Gasteiger partial charge in [-0.2, -0.15) is 0 Å². The first-order valence-electron chi connectivity index (χ1n) is 13.7. The molecule has 172 valence electrons. The van der Waals surface area contributed by atoms with Gasteiger partial charge in [-0.1, -0.05) is 54.4 Å². The van der Waals surface area contributed by atoms with Crippen molar-refractivity contribution in [1.82, 2.24) is 0 Å². The quantitative estimate of drug-likeness (QED) is 0.427. The second-order valence-corrected chi connectivity index (χ2v) is 13.1. The smallest absolute Gasteiger partial charge is 0.133 e. The molecule has 4 fully saturated rings. The first-order chi connectivity index (χ1) is 14.2. The van der Waals surface area contributed by atoms with E-state index in [1.54, 1.807) is 0 Å². The van der Waals surface area contributed by atoms with Gasteiger partial charge in [0.1, 0.15) is 5.78 Å². The second-order valence-electron chi connectivity index (χ2n) is 13.1. The van der Waals surface area contributed by atoms with E-state index in [-0.39, 0.29) is 0 Å². The van der Waals surface area contributed by atoms with Gasteiger partial charge in [0.05, 0.1) is 0 Å². The molecule has 0 heterocycles. The number of carbonyl (C=O) groups is 1. The standard InChI is InChI=1S/C29H50O/c1-7-21(19(2)3)9-8-20(4)25-12-13-26-24-11-10-22-18-23(30)14-16-28(22,5)27(24)15-17-29(25,26)6/h19-22,24-27H,7-18H2,1-6H3/t20-,21-,22-,24+,25+,26+,27-,28-,29-/m1/s1. The number of fused-ring (bicyclic) bond motifs is 5. The molecular formula is C29H50O. The van der Waals surface area contributed by atoms with Crippen LogP contribution in [0, 0.1) is 58.2 Å². The summed E-state index contributed by atoms with van der Waals surface area (Å²) in [6.45, 7) is 15.1. The van der Waals surface area contributed by atoms with Crippen LogP contribution < -0.4 is 0 Å². The molecule has 9 atom stereocenters. The van der Waals surface area contributed by atoms with Gasteiger partial charge in [-0.3, -0.25) is 4.79 Å². The third-order valence-electron chi connectivity index (χ3n) is 11.7. The maximum atomic E-state index is 12.1. The minimum atomic E-state index is 0.466. The van der Waals surface area contributed by atoms with Crippen LogP contribution in [0.3, 0.4) is 0 Å². The molecular weight excluding hydrogens is 364 g/mol. The number of hydrogen-bond donors (Lipinski definition) is 0. The highest BCUT2D eigenvalue weighted by atomic mass is 16.1. The van der Waals surface area contributed by atoms with Crippen molar-refractivity contribution < 1.29 is 4.79 Å². The molecule has 0 aromatic rings. The molecule has 0 radical (unpaired) electrons. The molecule has 4 aliphatic carbocycles. The van der Waals surface area contributed by atoms with E-state index < -0.39 is 0 Å². The van der Waals surface area contributed by atoms with Gasteiger partial charge in [0.2, 0.25) is 0 Å². The summed E-state index contributed by atoms with van der Waals surface area (Å²) in [6, 6.07) is 0. The van der Waals surface area contributed by atoms with Gasteiger partial charge in [-0.05, 0) is 110 Å². The normalized spacial score (nSPS) is 45.6. The van der Waals surface area contributed by atoms with E-state index >= 15 is 0 Å². The highest BCUT2D eigenvalue weighted by Gasteiger charge is 2.60. The third-order valence-corrected chi connectivity index (χ3v) is 11.7. The predicted molar refractivity (Wildman–Crippen MR) is 127 cm³/mol. The zero-order valence-electron chi connectivity index (χ0n) is 21.0. The van der Waals surface area contributed by atoms with E-state index in [0.717, 1.165) is 54.3 Å². The summed E-state index contributed by atoms with van der Waals surface area (Å²) in [5, 5.41) is 0. The Kier molecular flexibility index (Phi) is 6.51. The monoisotopic (exact) mass is 414 g/mol. The van der Waals surface area contributed by atoms with Gasteiger partial charge >= 0.3 is 0 Å². The van der Waals surface area contributed by atoms with Crippen LogP contribution in [0.1, 0.15) is 119 Å². The van der Waals surface area contributed by atoms with Crippen LogP contribution >= 0.6 is 0 Å². The number of rotatable bonds is 6. The van der Waals surface area contributed by atoms with Crippen molar-refractivity contribution in [3.05, 3.63) is 0 Å². The van der Waals surface area contributed by atoms with Crippen molar-refractivity contribution in [3.63, 3.8) is 0 Å². The Morgan fingerprint density at radius 3 is 2.33 bits per heavy atom. The van der Waals surface area contributed by atoms with E-state index in [0.29, 0.717) is 22.5 Å². The van der Waals surface area contributed by atoms with E-state index in [1.807, 2.05) is 0 Å². The van der Waals surface area contributed by atoms with E-state index in [4.69, 9.17) is 0 Å². The SMILES string of the molecule is CC[C@H](CC[C@@H](C)[C@@H]1CC[C@H]2[C@@H]3CC[C@@H]4CC(=O)CC[C@@]4(C)[C@@H]3CC[C@@]21C)C(C)C. The average Bonchev–Trinajstić information content (AvgIpc) is 3.06. The average molecular weight is 415 g/mol. The zero-order chi connectivity index (χ0) is 21.7. The molecule has 0 aromatic heterocycles. The molecule has 0 aliphatic heterocycles. The fourth-order valence-electron chi connectivity index (χ4n) is 9.71. The van der Waals surface area contributed by atoms with Crippen LogP contribution in [0.4, 0.5) is 0 Å². The lowest BCUT2D eigenvalue weighted by Crippen LogP contribution is -2.53. The maximum absolute atomic E-state index is 12.1. The summed E-state index contributed by atoms with van der Waals surface area (Å²) in [5.74, 6) is 7.67. The van der Waals surface area contributed by atoms with Crippen molar-refractivity contribution in [3.8, 4) is 0 Å². The van der Waals surface area contributed by atoms with Crippen LogP contribution in [0.5, 0.6) is 0 Å². The molecule has 30 heavy (non-hydrogen) atoms. The Labute approximate surface area is 187 Å². The minimum Gasteiger partial charge on any atom is -0.300 e. The highest BCUT2D eigenvalue weighted by Crippen LogP contribution is 2.68. The Morgan fingerprint density at radius 1 is 0.900 bits per heavy atom. The van der Waals surface area contributed by atoms with Gasteiger partial charge in [0.25, 0.3) is 0 Å². The first-order valence-corrected chi connectivity index (χ1v) is 13.7. The molecule has 0 unspecified atom stereocenters. The number of ketones is 1. The molecule has 0 spiro atoms. The molecule has 0 saturated heterocycles.